The minimum absolute atomic E-state index is 0.0420. The zero-order chi connectivity index (χ0) is 23.4. The van der Waals surface area contributed by atoms with E-state index >= 15 is 0 Å². The van der Waals surface area contributed by atoms with E-state index in [0.29, 0.717) is 38.2 Å². The first kappa shape index (κ1) is 22.5. The molecule has 0 aliphatic carbocycles. The number of hydrogen-bond acceptors (Lipinski definition) is 4. The normalized spacial score (nSPS) is 18.3. The number of hydrogen-bond donors (Lipinski definition) is 2. The second kappa shape index (κ2) is 9.85. The Hall–Kier alpha value is -3.69. The zero-order valence-electron chi connectivity index (χ0n) is 17.8. The second-order valence-electron chi connectivity index (χ2n) is 7.88. The van der Waals surface area contributed by atoms with E-state index in [4.69, 9.17) is 0 Å². The topological polar surface area (TPSA) is 91.0 Å². The summed E-state index contributed by atoms with van der Waals surface area (Å²) in [5.41, 5.74) is 1.37. The van der Waals surface area contributed by atoms with Crippen molar-refractivity contribution in [2.45, 2.75) is 19.5 Å². The molecule has 1 atom stereocenters. The highest BCUT2D eigenvalue weighted by molar-refractivity contribution is 5.98. The summed E-state index contributed by atoms with van der Waals surface area (Å²) in [6.07, 6.45) is 1.22. The Kier molecular flexibility index (Phi) is 6.71. The number of benzene rings is 2. The molecule has 174 valence electrons. The Morgan fingerprint density at radius 1 is 1.09 bits per heavy atom. The number of alkyl halides is 2. The fourth-order valence-electron chi connectivity index (χ4n) is 4.08. The van der Waals surface area contributed by atoms with Crippen LogP contribution in [0.2, 0.25) is 0 Å². The molecule has 0 radical (unpaired) electrons. The first-order valence-corrected chi connectivity index (χ1v) is 10.7. The van der Waals surface area contributed by atoms with E-state index in [1.54, 1.807) is 35.2 Å². The monoisotopic (exact) mass is 458 g/mol. The third kappa shape index (κ3) is 5.21. The maximum atomic E-state index is 13.0. The number of nitrogens with one attached hydrogen (secondary N) is 2. The Balaban J connectivity index is 1.39. The van der Waals surface area contributed by atoms with Gasteiger partial charge in [-0.1, -0.05) is 12.1 Å². The van der Waals surface area contributed by atoms with E-state index in [1.807, 2.05) is 0 Å². The van der Waals surface area contributed by atoms with Crippen LogP contribution in [0.25, 0.3) is 0 Å². The lowest BCUT2D eigenvalue weighted by Crippen LogP contribution is -2.43. The van der Waals surface area contributed by atoms with Crippen LogP contribution in [0.5, 0.6) is 5.75 Å². The predicted octanol–water partition coefficient (Wildman–Crippen LogP) is 3.31. The van der Waals surface area contributed by atoms with Crippen LogP contribution in [0, 0.1) is 5.92 Å². The van der Waals surface area contributed by atoms with Gasteiger partial charge in [0.05, 0.1) is 11.5 Å². The molecule has 0 saturated carbocycles. The van der Waals surface area contributed by atoms with Crippen LogP contribution >= 0.6 is 0 Å². The number of carbonyl (C=O) groups excluding carboxylic acids is 3. The highest BCUT2D eigenvalue weighted by Crippen LogP contribution is 2.26. The third-order valence-corrected chi connectivity index (χ3v) is 5.72. The number of amides is 4. The SMILES string of the molecule is O=C(Nc1ccc(N2CCNC2=O)cc1)C1CCCN(C(=O)c2ccccc2OC(F)F)C1. The van der Waals surface area contributed by atoms with Crippen LogP contribution in [-0.2, 0) is 4.79 Å². The molecule has 2 N–H and O–H groups in total. The fourth-order valence-corrected chi connectivity index (χ4v) is 4.08. The first-order valence-electron chi connectivity index (χ1n) is 10.7. The van der Waals surface area contributed by atoms with Crippen molar-refractivity contribution in [3.05, 3.63) is 54.1 Å². The van der Waals surface area contributed by atoms with Gasteiger partial charge < -0.3 is 20.3 Å². The summed E-state index contributed by atoms with van der Waals surface area (Å²) >= 11 is 0. The Labute approximate surface area is 189 Å². The van der Waals surface area contributed by atoms with Gasteiger partial charge >= 0.3 is 12.6 Å². The maximum absolute atomic E-state index is 13.0. The van der Waals surface area contributed by atoms with Crippen LogP contribution in [0.15, 0.2) is 48.5 Å². The standard InChI is InChI=1S/C23H24F2N4O4/c24-22(25)33-19-6-2-1-5-18(19)21(31)28-12-3-4-15(14-28)20(30)27-16-7-9-17(10-8-16)29-13-11-26-23(29)32/h1-2,5-10,15,22H,3-4,11-14H2,(H,26,32)(H,27,30). The summed E-state index contributed by atoms with van der Waals surface area (Å²) in [7, 11) is 0. The summed E-state index contributed by atoms with van der Waals surface area (Å²) in [6.45, 7) is -1.25. The van der Waals surface area contributed by atoms with Crippen LogP contribution in [0.4, 0.5) is 25.0 Å². The van der Waals surface area contributed by atoms with Gasteiger partial charge in [0.15, 0.2) is 0 Å². The van der Waals surface area contributed by atoms with Crippen LogP contribution in [-0.4, -0.2) is 55.5 Å². The van der Waals surface area contributed by atoms with Gasteiger partial charge in [-0.05, 0) is 49.2 Å². The van der Waals surface area contributed by atoms with Gasteiger partial charge in [0, 0.05) is 37.6 Å². The molecule has 0 bridgehead atoms. The average molecular weight is 458 g/mol. The summed E-state index contributed by atoms with van der Waals surface area (Å²) in [6, 6.07) is 12.7. The van der Waals surface area contributed by atoms with E-state index in [2.05, 4.69) is 15.4 Å². The molecule has 2 heterocycles. The van der Waals surface area contributed by atoms with E-state index in [9.17, 15) is 23.2 Å². The molecular formula is C23H24F2N4O4. The molecular weight excluding hydrogens is 434 g/mol. The molecule has 10 heteroatoms. The molecule has 0 aromatic heterocycles. The van der Waals surface area contributed by atoms with Crippen molar-refractivity contribution in [3.63, 3.8) is 0 Å². The molecule has 2 aromatic carbocycles. The smallest absolute Gasteiger partial charge is 0.387 e. The number of urea groups is 1. The quantitative estimate of drug-likeness (QED) is 0.695. The summed E-state index contributed by atoms with van der Waals surface area (Å²) in [4.78, 5) is 40.7. The number of anilines is 2. The summed E-state index contributed by atoms with van der Waals surface area (Å²) in [5, 5.41) is 5.59. The molecule has 2 fully saturated rings. The molecule has 33 heavy (non-hydrogen) atoms. The first-order chi connectivity index (χ1) is 15.9. The molecule has 2 aliphatic rings. The molecule has 4 amide bonds. The fraction of sp³-hybridized carbons (Fsp3) is 0.348. The molecule has 1 unspecified atom stereocenters. The minimum Gasteiger partial charge on any atom is -0.434 e. The average Bonchev–Trinajstić information content (AvgIpc) is 3.25. The van der Waals surface area contributed by atoms with E-state index < -0.39 is 18.4 Å². The van der Waals surface area contributed by atoms with Crippen molar-refractivity contribution in [2.24, 2.45) is 5.92 Å². The van der Waals surface area contributed by atoms with Crippen LogP contribution < -0.4 is 20.3 Å². The molecule has 8 nitrogen and oxygen atoms in total. The van der Waals surface area contributed by atoms with Crippen molar-refractivity contribution in [1.82, 2.24) is 10.2 Å². The number of para-hydroxylation sites is 1. The Morgan fingerprint density at radius 2 is 1.85 bits per heavy atom. The molecule has 2 saturated heterocycles. The maximum Gasteiger partial charge on any atom is 0.387 e. The highest BCUT2D eigenvalue weighted by atomic mass is 19.3. The van der Waals surface area contributed by atoms with Gasteiger partial charge in [0.1, 0.15) is 5.75 Å². The van der Waals surface area contributed by atoms with Gasteiger partial charge in [-0.2, -0.15) is 8.78 Å². The van der Waals surface area contributed by atoms with Gasteiger partial charge in [-0.15, -0.1) is 0 Å². The van der Waals surface area contributed by atoms with Crippen molar-refractivity contribution in [2.75, 3.05) is 36.4 Å². The number of nitrogens with zero attached hydrogens (tertiary/aromatic N) is 2. The Bertz CT molecular complexity index is 1030. The number of likely N-dealkylation sites (tertiary alicyclic amines) is 1. The summed E-state index contributed by atoms with van der Waals surface area (Å²) < 4.78 is 29.9. The van der Waals surface area contributed by atoms with Crippen molar-refractivity contribution < 1.29 is 27.9 Å². The zero-order valence-corrected chi connectivity index (χ0v) is 17.8. The van der Waals surface area contributed by atoms with Gasteiger partial charge in [0.2, 0.25) is 5.91 Å². The van der Waals surface area contributed by atoms with Crippen molar-refractivity contribution >= 4 is 29.2 Å². The summed E-state index contributed by atoms with van der Waals surface area (Å²) in [5.74, 6) is -1.29. The third-order valence-electron chi connectivity index (χ3n) is 5.72. The number of carbonyl (C=O) groups is 3. The van der Waals surface area contributed by atoms with Gasteiger partial charge in [-0.25, -0.2) is 4.79 Å². The van der Waals surface area contributed by atoms with E-state index in [-0.39, 0.29) is 29.8 Å². The van der Waals surface area contributed by atoms with E-state index in [0.717, 1.165) is 5.69 Å². The van der Waals surface area contributed by atoms with Crippen LogP contribution in [0.1, 0.15) is 23.2 Å². The predicted molar refractivity (Wildman–Crippen MR) is 118 cm³/mol. The van der Waals surface area contributed by atoms with Gasteiger partial charge in [0.25, 0.3) is 5.91 Å². The second-order valence-corrected chi connectivity index (χ2v) is 7.88. The Morgan fingerprint density at radius 3 is 2.55 bits per heavy atom. The molecule has 2 aromatic rings. The van der Waals surface area contributed by atoms with Crippen molar-refractivity contribution in [3.8, 4) is 5.75 Å². The number of piperidine rings is 1. The lowest BCUT2D eigenvalue weighted by atomic mass is 9.96. The van der Waals surface area contributed by atoms with Crippen LogP contribution in [0.3, 0.4) is 0 Å². The highest BCUT2D eigenvalue weighted by Gasteiger charge is 2.30. The largest absolute Gasteiger partial charge is 0.434 e. The lowest BCUT2D eigenvalue weighted by Gasteiger charge is -2.32. The van der Waals surface area contributed by atoms with Crippen molar-refractivity contribution in [1.29, 1.82) is 0 Å². The molecule has 2 aliphatic heterocycles. The number of halogens is 2. The number of ether oxygens (including phenoxy) is 1. The molecule has 4 rings (SSSR count). The number of rotatable bonds is 6. The van der Waals surface area contributed by atoms with Gasteiger partial charge in [-0.3, -0.25) is 14.5 Å². The van der Waals surface area contributed by atoms with E-state index in [1.165, 1.54) is 23.1 Å². The molecule has 0 spiro atoms. The lowest BCUT2D eigenvalue weighted by molar-refractivity contribution is -0.121. The minimum atomic E-state index is -3.04.